The lowest BCUT2D eigenvalue weighted by Gasteiger charge is -2.10. The number of fused-ring (bicyclic) bond motifs is 1. The SMILES string of the molecule is c1cc2c(nc1OCCC1CCNC1)CCC2. The van der Waals surface area contributed by atoms with E-state index >= 15 is 0 Å². The zero-order chi connectivity index (χ0) is 11.5. The van der Waals surface area contributed by atoms with Crippen molar-refractivity contribution in [1.82, 2.24) is 10.3 Å². The summed E-state index contributed by atoms with van der Waals surface area (Å²) in [6, 6.07) is 4.21. The minimum absolute atomic E-state index is 0.796. The number of nitrogens with one attached hydrogen (secondary N) is 1. The molecule has 1 atom stereocenters. The standard InChI is InChI=1S/C14H20N2O/c1-2-12-4-5-14(16-13(12)3-1)17-9-7-11-6-8-15-10-11/h4-5,11,15H,1-3,6-10H2. The fourth-order valence-electron chi connectivity index (χ4n) is 2.77. The number of ether oxygens (including phenoxy) is 1. The van der Waals surface area contributed by atoms with Crippen molar-refractivity contribution in [3.05, 3.63) is 23.4 Å². The Morgan fingerprint density at radius 3 is 3.24 bits per heavy atom. The molecule has 1 unspecified atom stereocenters. The van der Waals surface area contributed by atoms with Gasteiger partial charge in [0, 0.05) is 11.8 Å². The average Bonchev–Trinajstić information content (AvgIpc) is 2.98. The monoisotopic (exact) mass is 232 g/mol. The van der Waals surface area contributed by atoms with Crippen LogP contribution in [0.15, 0.2) is 12.1 Å². The van der Waals surface area contributed by atoms with Crippen molar-refractivity contribution in [1.29, 1.82) is 0 Å². The quantitative estimate of drug-likeness (QED) is 0.861. The van der Waals surface area contributed by atoms with Gasteiger partial charge in [0.25, 0.3) is 0 Å². The number of pyridine rings is 1. The van der Waals surface area contributed by atoms with E-state index in [0.717, 1.165) is 37.8 Å². The van der Waals surface area contributed by atoms with Gasteiger partial charge in [0.15, 0.2) is 0 Å². The van der Waals surface area contributed by atoms with Crippen LogP contribution in [0.2, 0.25) is 0 Å². The van der Waals surface area contributed by atoms with E-state index in [1.54, 1.807) is 0 Å². The molecule has 3 heteroatoms. The Morgan fingerprint density at radius 2 is 2.35 bits per heavy atom. The van der Waals surface area contributed by atoms with Gasteiger partial charge in [-0.2, -0.15) is 0 Å². The lowest BCUT2D eigenvalue weighted by Crippen LogP contribution is -2.12. The van der Waals surface area contributed by atoms with Crippen LogP contribution in [0.5, 0.6) is 5.88 Å². The highest BCUT2D eigenvalue weighted by molar-refractivity contribution is 5.29. The molecule has 3 nitrogen and oxygen atoms in total. The second kappa shape index (κ2) is 5.05. The van der Waals surface area contributed by atoms with Gasteiger partial charge in [0.05, 0.1) is 6.61 Å². The van der Waals surface area contributed by atoms with Crippen LogP contribution in [0.4, 0.5) is 0 Å². The summed E-state index contributed by atoms with van der Waals surface area (Å²) in [5, 5.41) is 3.38. The van der Waals surface area contributed by atoms with Gasteiger partial charge in [-0.3, -0.25) is 0 Å². The predicted molar refractivity (Wildman–Crippen MR) is 67.4 cm³/mol. The van der Waals surface area contributed by atoms with Crippen molar-refractivity contribution < 1.29 is 4.74 Å². The Hall–Kier alpha value is -1.09. The first kappa shape index (κ1) is 11.0. The molecule has 1 saturated heterocycles. The van der Waals surface area contributed by atoms with Gasteiger partial charge in [-0.05, 0) is 56.7 Å². The zero-order valence-corrected chi connectivity index (χ0v) is 10.2. The van der Waals surface area contributed by atoms with Crippen LogP contribution < -0.4 is 10.1 Å². The summed E-state index contributed by atoms with van der Waals surface area (Å²) in [7, 11) is 0. The Balaban J connectivity index is 1.51. The summed E-state index contributed by atoms with van der Waals surface area (Å²) < 4.78 is 5.75. The molecule has 1 N–H and O–H groups in total. The second-order valence-corrected chi connectivity index (χ2v) is 5.10. The van der Waals surface area contributed by atoms with Crippen molar-refractivity contribution in [3.63, 3.8) is 0 Å². The summed E-state index contributed by atoms with van der Waals surface area (Å²) in [6.45, 7) is 3.13. The summed E-state index contributed by atoms with van der Waals surface area (Å²) in [5.41, 5.74) is 2.67. The average molecular weight is 232 g/mol. The van der Waals surface area contributed by atoms with Crippen LogP contribution in [0.3, 0.4) is 0 Å². The highest BCUT2D eigenvalue weighted by Gasteiger charge is 2.15. The van der Waals surface area contributed by atoms with Gasteiger partial charge < -0.3 is 10.1 Å². The molecular formula is C14H20N2O. The molecule has 0 radical (unpaired) electrons. The molecule has 1 aromatic heterocycles. The smallest absolute Gasteiger partial charge is 0.213 e. The molecule has 0 amide bonds. The lowest BCUT2D eigenvalue weighted by molar-refractivity contribution is 0.273. The van der Waals surface area contributed by atoms with E-state index in [4.69, 9.17) is 4.74 Å². The number of hydrogen-bond donors (Lipinski definition) is 1. The summed E-state index contributed by atoms with van der Waals surface area (Å²) >= 11 is 0. The Labute approximate surface area is 103 Å². The van der Waals surface area contributed by atoms with Gasteiger partial charge in [-0.25, -0.2) is 4.98 Å². The third-order valence-corrected chi connectivity index (χ3v) is 3.84. The van der Waals surface area contributed by atoms with Gasteiger partial charge in [0.1, 0.15) is 0 Å². The Kier molecular flexibility index (Phi) is 3.27. The number of aryl methyl sites for hydroxylation is 2. The molecule has 3 rings (SSSR count). The first-order valence-corrected chi connectivity index (χ1v) is 6.74. The van der Waals surface area contributed by atoms with E-state index in [1.165, 1.54) is 37.1 Å². The summed E-state index contributed by atoms with van der Waals surface area (Å²) in [5.74, 6) is 1.61. The predicted octanol–water partition coefficient (Wildman–Crippen LogP) is 1.95. The Bertz CT molecular complexity index is 386. The van der Waals surface area contributed by atoms with Crippen LogP contribution in [0, 0.1) is 5.92 Å². The van der Waals surface area contributed by atoms with Crippen LogP contribution in [0.1, 0.15) is 30.5 Å². The lowest BCUT2D eigenvalue weighted by atomic mass is 10.1. The normalized spacial score (nSPS) is 22.7. The van der Waals surface area contributed by atoms with Crippen LogP contribution in [-0.2, 0) is 12.8 Å². The molecule has 0 saturated carbocycles. The molecule has 0 bridgehead atoms. The molecule has 0 spiro atoms. The molecule has 1 aliphatic heterocycles. The van der Waals surface area contributed by atoms with Gasteiger partial charge >= 0.3 is 0 Å². The van der Waals surface area contributed by atoms with E-state index in [-0.39, 0.29) is 0 Å². The van der Waals surface area contributed by atoms with E-state index < -0.39 is 0 Å². The molecule has 0 aromatic carbocycles. The molecule has 2 heterocycles. The minimum atomic E-state index is 0.796. The highest BCUT2D eigenvalue weighted by Crippen LogP contribution is 2.22. The molecule has 1 aromatic rings. The van der Waals surface area contributed by atoms with E-state index in [9.17, 15) is 0 Å². The fraction of sp³-hybridized carbons (Fsp3) is 0.643. The van der Waals surface area contributed by atoms with E-state index in [2.05, 4.69) is 16.4 Å². The van der Waals surface area contributed by atoms with Gasteiger partial charge in [0.2, 0.25) is 5.88 Å². The van der Waals surface area contributed by atoms with Crippen LogP contribution in [-0.4, -0.2) is 24.7 Å². The summed E-state index contributed by atoms with van der Waals surface area (Å²) in [6.07, 6.45) is 6.00. The topological polar surface area (TPSA) is 34.1 Å². The third kappa shape index (κ3) is 2.60. The van der Waals surface area contributed by atoms with Gasteiger partial charge in [-0.1, -0.05) is 6.07 Å². The first-order valence-electron chi connectivity index (χ1n) is 6.74. The maximum absolute atomic E-state index is 5.75. The molecule has 17 heavy (non-hydrogen) atoms. The first-order chi connectivity index (χ1) is 8.42. The van der Waals surface area contributed by atoms with Gasteiger partial charge in [-0.15, -0.1) is 0 Å². The fourth-order valence-corrected chi connectivity index (χ4v) is 2.77. The molecule has 1 fully saturated rings. The number of aromatic nitrogens is 1. The molecule has 92 valence electrons. The minimum Gasteiger partial charge on any atom is -0.478 e. The third-order valence-electron chi connectivity index (χ3n) is 3.84. The van der Waals surface area contributed by atoms with Crippen LogP contribution >= 0.6 is 0 Å². The second-order valence-electron chi connectivity index (χ2n) is 5.10. The van der Waals surface area contributed by atoms with Crippen molar-refractivity contribution in [2.45, 2.75) is 32.1 Å². The van der Waals surface area contributed by atoms with E-state index in [1.807, 2.05) is 6.07 Å². The van der Waals surface area contributed by atoms with Crippen molar-refractivity contribution >= 4 is 0 Å². The van der Waals surface area contributed by atoms with Crippen molar-refractivity contribution in [3.8, 4) is 5.88 Å². The number of nitrogens with zero attached hydrogens (tertiary/aromatic N) is 1. The number of rotatable bonds is 4. The highest BCUT2D eigenvalue weighted by atomic mass is 16.5. The summed E-state index contributed by atoms with van der Waals surface area (Å²) in [4.78, 5) is 4.58. The zero-order valence-electron chi connectivity index (χ0n) is 10.2. The number of hydrogen-bond acceptors (Lipinski definition) is 3. The molecule has 2 aliphatic rings. The maximum Gasteiger partial charge on any atom is 0.213 e. The largest absolute Gasteiger partial charge is 0.478 e. The molecular weight excluding hydrogens is 212 g/mol. The van der Waals surface area contributed by atoms with Crippen LogP contribution in [0.25, 0.3) is 0 Å². The van der Waals surface area contributed by atoms with Crippen molar-refractivity contribution in [2.75, 3.05) is 19.7 Å². The molecule has 1 aliphatic carbocycles. The Morgan fingerprint density at radius 1 is 1.35 bits per heavy atom. The van der Waals surface area contributed by atoms with E-state index in [0.29, 0.717) is 0 Å². The van der Waals surface area contributed by atoms with Crippen molar-refractivity contribution in [2.24, 2.45) is 5.92 Å². The maximum atomic E-state index is 5.75.